The number of rotatable bonds is 5. The van der Waals surface area contributed by atoms with E-state index in [1.165, 1.54) is 5.56 Å². The molecule has 0 heterocycles. The minimum absolute atomic E-state index is 0.328. The van der Waals surface area contributed by atoms with Crippen molar-refractivity contribution in [2.24, 2.45) is 11.1 Å². The molecule has 16 heavy (non-hydrogen) atoms. The first-order valence-electron chi connectivity index (χ1n) is 5.93. The monoisotopic (exact) mass is 221 g/mol. The molecule has 0 radical (unpaired) electrons. The molecule has 0 atom stereocenters. The van der Waals surface area contributed by atoms with Crippen molar-refractivity contribution in [1.82, 2.24) is 0 Å². The van der Waals surface area contributed by atoms with E-state index >= 15 is 0 Å². The van der Waals surface area contributed by atoms with Crippen LogP contribution in [-0.2, 0) is 6.42 Å². The van der Waals surface area contributed by atoms with Crippen molar-refractivity contribution >= 4 is 0 Å². The topological polar surface area (TPSA) is 35.2 Å². The molecule has 0 saturated heterocycles. The Morgan fingerprint density at radius 1 is 1.25 bits per heavy atom. The van der Waals surface area contributed by atoms with E-state index in [0.717, 1.165) is 25.2 Å². The molecule has 0 saturated carbocycles. The predicted molar refractivity (Wildman–Crippen MR) is 68.8 cm³/mol. The third-order valence-corrected chi connectivity index (χ3v) is 2.45. The number of nitrogens with two attached hydrogens (primary N) is 1. The van der Waals surface area contributed by atoms with Gasteiger partial charge in [0.05, 0.1) is 6.61 Å². The van der Waals surface area contributed by atoms with Crippen molar-refractivity contribution in [2.45, 2.75) is 33.6 Å². The van der Waals surface area contributed by atoms with E-state index in [-0.39, 0.29) is 0 Å². The maximum Gasteiger partial charge on any atom is 0.119 e. The maximum absolute atomic E-state index is 5.73. The van der Waals surface area contributed by atoms with E-state index in [0.29, 0.717) is 12.0 Å². The minimum Gasteiger partial charge on any atom is -0.494 e. The molecule has 0 aromatic heterocycles. The lowest BCUT2D eigenvalue weighted by atomic mass is 9.93. The number of ether oxygens (including phenoxy) is 1. The Kier molecular flexibility index (Phi) is 4.81. The van der Waals surface area contributed by atoms with Gasteiger partial charge in [0.2, 0.25) is 0 Å². The molecule has 1 rings (SSSR count). The van der Waals surface area contributed by atoms with Crippen LogP contribution >= 0.6 is 0 Å². The van der Waals surface area contributed by atoms with Crippen molar-refractivity contribution in [3.63, 3.8) is 0 Å². The van der Waals surface area contributed by atoms with Crippen molar-refractivity contribution in [2.75, 3.05) is 13.2 Å². The largest absolute Gasteiger partial charge is 0.494 e. The lowest BCUT2D eigenvalue weighted by Gasteiger charge is -2.18. The van der Waals surface area contributed by atoms with Crippen LogP contribution < -0.4 is 10.5 Å². The average Bonchev–Trinajstić information content (AvgIpc) is 2.17. The molecule has 0 amide bonds. The zero-order valence-corrected chi connectivity index (χ0v) is 10.6. The zero-order valence-electron chi connectivity index (χ0n) is 10.6. The lowest BCUT2D eigenvalue weighted by molar-refractivity contribution is 0.243. The van der Waals surface area contributed by atoms with Gasteiger partial charge in [-0.2, -0.15) is 0 Å². The second kappa shape index (κ2) is 5.90. The van der Waals surface area contributed by atoms with Crippen LogP contribution in [0.2, 0.25) is 0 Å². The van der Waals surface area contributed by atoms with Gasteiger partial charge in [-0.15, -0.1) is 0 Å². The second-order valence-corrected chi connectivity index (χ2v) is 5.35. The molecule has 2 nitrogen and oxygen atoms in total. The van der Waals surface area contributed by atoms with Crippen LogP contribution in [0.1, 0.15) is 32.8 Å². The summed E-state index contributed by atoms with van der Waals surface area (Å²) < 4.78 is 5.73. The molecule has 0 bridgehead atoms. The fraction of sp³-hybridized carbons (Fsp3) is 0.571. The summed E-state index contributed by atoms with van der Waals surface area (Å²) in [4.78, 5) is 0. The molecule has 2 heteroatoms. The minimum atomic E-state index is 0.328. The van der Waals surface area contributed by atoms with E-state index in [4.69, 9.17) is 10.5 Å². The Hall–Kier alpha value is -1.02. The Balaban J connectivity index is 2.44. The van der Waals surface area contributed by atoms with Crippen LogP contribution in [-0.4, -0.2) is 13.2 Å². The standard InChI is InChI=1S/C14H23NO/c1-14(2,3)8-10-16-13-6-4-5-12(11-13)7-9-15/h4-6,11H,7-10,15H2,1-3H3. The lowest BCUT2D eigenvalue weighted by Crippen LogP contribution is -2.11. The molecule has 0 unspecified atom stereocenters. The zero-order chi connectivity index (χ0) is 12.0. The first-order valence-corrected chi connectivity index (χ1v) is 5.93. The van der Waals surface area contributed by atoms with Crippen molar-refractivity contribution in [3.05, 3.63) is 29.8 Å². The average molecular weight is 221 g/mol. The summed E-state index contributed by atoms with van der Waals surface area (Å²) in [7, 11) is 0. The van der Waals surface area contributed by atoms with Crippen LogP contribution in [0, 0.1) is 5.41 Å². The fourth-order valence-corrected chi connectivity index (χ4v) is 1.43. The van der Waals surface area contributed by atoms with E-state index in [1.807, 2.05) is 12.1 Å². The summed E-state index contributed by atoms with van der Waals surface area (Å²) in [5, 5.41) is 0. The summed E-state index contributed by atoms with van der Waals surface area (Å²) in [5.41, 5.74) is 7.10. The van der Waals surface area contributed by atoms with Gasteiger partial charge in [-0.1, -0.05) is 32.9 Å². The highest BCUT2D eigenvalue weighted by Crippen LogP contribution is 2.20. The third kappa shape index (κ3) is 5.17. The Morgan fingerprint density at radius 3 is 2.62 bits per heavy atom. The van der Waals surface area contributed by atoms with Crippen molar-refractivity contribution in [1.29, 1.82) is 0 Å². The summed E-state index contributed by atoms with van der Waals surface area (Å²) >= 11 is 0. The van der Waals surface area contributed by atoms with E-state index in [9.17, 15) is 0 Å². The van der Waals surface area contributed by atoms with Gasteiger partial charge in [-0.25, -0.2) is 0 Å². The van der Waals surface area contributed by atoms with Crippen LogP contribution in [0.5, 0.6) is 5.75 Å². The molecular weight excluding hydrogens is 198 g/mol. The van der Waals surface area contributed by atoms with Crippen molar-refractivity contribution < 1.29 is 4.74 Å². The summed E-state index contributed by atoms with van der Waals surface area (Å²) in [6.07, 6.45) is 1.98. The third-order valence-electron chi connectivity index (χ3n) is 2.45. The van der Waals surface area contributed by atoms with Crippen LogP contribution in [0.25, 0.3) is 0 Å². The van der Waals surface area contributed by atoms with E-state index in [1.54, 1.807) is 0 Å². The first-order chi connectivity index (χ1) is 7.51. The number of benzene rings is 1. The highest BCUT2D eigenvalue weighted by molar-refractivity contribution is 5.28. The summed E-state index contributed by atoms with van der Waals surface area (Å²) in [5.74, 6) is 0.954. The van der Waals surface area contributed by atoms with Gasteiger partial charge < -0.3 is 10.5 Å². The molecule has 1 aromatic rings. The van der Waals surface area contributed by atoms with Gasteiger partial charge in [-0.3, -0.25) is 0 Å². The maximum atomic E-state index is 5.73. The van der Waals surface area contributed by atoms with Gasteiger partial charge in [-0.05, 0) is 42.5 Å². The highest BCUT2D eigenvalue weighted by atomic mass is 16.5. The molecule has 0 aliphatic rings. The van der Waals surface area contributed by atoms with E-state index in [2.05, 4.69) is 32.9 Å². The molecule has 90 valence electrons. The summed E-state index contributed by atoms with van der Waals surface area (Å²) in [6, 6.07) is 8.19. The molecular formula is C14H23NO. The van der Waals surface area contributed by atoms with Gasteiger partial charge in [0.15, 0.2) is 0 Å². The Labute approximate surface area is 98.8 Å². The summed E-state index contributed by atoms with van der Waals surface area (Å²) in [6.45, 7) is 8.13. The number of hydrogen-bond donors (Lipinski definition) is 1. The van der Waals surface area contributed by atoms with E-state index < -0.39 is 0 Å². The molecule has 0 spiro atoms. The molecule has 0 aliphatic carbocycles. The normalized spacial score (nSPS) is 11.5. The van der Waals surface area contributed by atoms with Crippen LogP contribution in [0.15, 0.2) is 24.3 Å². The first kappa shape index (κ1) is 13.0. The quantitative estimate of drug-likeness (QED) is 0.829. The number of hydrogen-bond acceptors (Lipinski definition) is 2. The molecule has 2 N–H and O–H groups in total. The predicted octanol–water partition coefficient (Wildman–Crippen LogP) is 3.00. The Bertz CT molecular complexity index is 315. The van der Waals surface area contributed by atoms with Gasteiger partial charge >= 0.3 is 0 Å². The second-order valence-electron chi connectivity index (χ2n) is 5.35. The molecule has 0 fully saturated rings. The smallest absolute Gasteiger partial charge is 0.119 e. The molecule has 1 aromatic carbocycles. The van der Waals surface area contributed by atoms with Gasteiger partial charge in [0.25, 0.3) is 0 Å². The van der Waals surface area contributed by atoms with Crippen LogP contribution in [0.4, 0.5) is 0 Å². The molecule has 0 aliphatic heterocycles. The highest BCUT2D eigenvalue weighted by Gasteiger charge is 2.09. The van der Waals surface area contributed by atoms with Gasteiger partial charge in [0.1, 0.15) is 5.75 Å². The SMILES string of the molecule is CC(C)(C)CCOc1cccc(CCN)c1. The Morgan fingerprint density at radius 2 is 2.00 bits per heavy atom. The van der Waals surface area contributed by atoms with Gasteiger partial charge in [0, 0.05) is 0 Å². The van der Waals surface area contributed by atoms with Crippen molar-refractivity contribution in [3.8, 4) is 5.75 Å². The fourth-order valence-electron chi connectivity index (χ4n) is 1.43. The van der Waals surface area contributed by atoms with Crippen LogP contribution in [0.3, 0.4) is 0 Å².